The highest BCUT2D eigenvalue weighted by Crippen LogP contribution is 2.54. The van der Waals surface area contributed by atoms with E-state index in [0.717, 1.165) is 42.7 Å². The van der Waals surface area contributed by atoms with Crippen LogP contribution in [0.4, 0.5) is 0 Å². The number of aliphatic carboxylic acids is 1. The molecule has 2 heterocycles. The van der Waals surface area contributed by atoms with E-state index in [-0.39, 0.29) is 31.2 Å². The first-order chi connectivity index (χ1) is 15.6. The lowest BCUT2D eigenvalue weighted by atomic mass is 9.66. The van der Waals surface area contributed by atoms with Crippen molar-refractivity contribution < 1.29 is 28.8 Å². The summed E-state index contributed by atoms with van der Waals surface area (Å²) < 4.78 is 10.5. The highest BCUT2D eigenvalue weighted by molar-refractivity contribution is 5.83. The van der Waals surface area contributed by atoms with Gasteiger partial charge in [0.2, 0.25) is 5.91 Å². The Morgan fingerprint density at radius 3 is 2.39 bits per heavy atom. The largest absolute Gasteiger partial charge is 0.481 e. The van der Waals surface area contributed by atoms with E-state index in [1.165, 1.54) is 13.5 Å². The molecule has 3 fully saturated rings. The number of hydrogen-bond donors (Lipinski definition) is 1. The van der Waals surface area contributed by atoms with Crippen molar-refractivity contribution in [1.29, 1.82) is 0 Å². The number of hydrogen-bond acceptors (Lipinski definition) is 6. The summed E-state index contributed by atoms with van der Waals surface area (Å²) in [6.07, 6.45) is 5.54. The molecule has 0 spiro atoms. The van der Waals surface area contributed by atoms with Crippen molar-refractivity contribution in [1.82, 2.24) is 10.1 Å². The zero-order chi connectivity index (χ0) is 23.9. The summed E-state index contributed by atoms with van der Waals surface area (Å²) in [5.74, 6) is -0.317. The molecular formula is C25H36N2O6. The minimum Gasteiger partial charge on any atom is -0.481 e. The number of ether oxygens (including phenoxy) is 1. The number of nitrogens with zero attached hydrogens (tertiary/aromatic N) is 2. The summed E-state index contributed by atoms with van der Waals surface area (Å²) >= 11 is 0. The second kappa shape index (κ2) is 9.11. The van der Waals surface area contributed by atoms with Crippen LogP contribution in [0.2, 0.25) is 0 Å². The molecule has 2 aliphatic carbocycles. The van der Waals surface area contributed by atoms with Gasteiger partial charge >= 0.3 is 11.9 Å². The van der Waals surface area contributed by atoms with E-state index in [0.29, 0.717) is 29.7 Å². The maximum absolute atomic E-state index is 12.6. The molecule has 4 rings (SSSR count). The lowest BCUT2D eigenvalue weighted by Gasteiger charge is -2.38. The smallest absolute Gasteiger partial charge is 0.309 e. The van der Waals surface area contributed by atoms with Gasteiger partial charge in [0.15, 0.2) is 0 Å². The van der Waals surface area contributed by atoms with Crippen molar-refractivity contribution in [2.45, 2.75) is 83.5 Å². The molecule has 182 valence electrons. The Morgan fingerprint density at radius 1 is 1.12 bits per heavy atom. The van der Waals surface area contributed by atoms with Crippen molar-refractivity contribution in [3.8, 4) is 0 Å². The van der Waals surface area contributed by atoms with Crippen molar-refractivity contribution in [3.63, 3.8) is 0 Å². The summed E-state index contributed by atoms with van der Waals surface area (Å²) in [7, 11) is 1.29. The number of carbonyl (C=O) groups excluding carboxylic acids is 2. The highest BCUT2D eigenvalue weighted by atomic mass is 16.5. The van der Waals surface area contributed by atoms with Gasteiger partial charge in [-0.2, -0.15) is 0 Å². The standard InChI is InChI=1S/C25H36N2O6/c1-25(2,3)11-14-9-16(10-14)23-21(15-5-6-15)22(26-33-23)17-12-27(13-18(17)24(30)31)19(28)7-8-20(29)32-4/h14-18H,5-13H2,1-4H3,(H,30,31)/t14?,16?,17-,18-/m0/s1. The molecule has 1 amide bonds. The van der Waals surface area contributed by atoms with E-state index >= 15 is 0 Å². The molecule has 2 atom stereocenters. The monoisotopic (exact) mass is 460 g/mol. The number of esters is 1. The van der Waals surface area contributed by atoms with Crippen LogP contribution in [-0.2, 0) is 19.1 Å². The average molecular weight is 461 g/mol. The topological polar surface area (TPSA) is 110 Å². The van der Waals surface area contributed by atoms with Gasteiger partial charge in [0.05, 0.1) is 25.1 Å². The number of methoxy groups -OCH3 is 1. The van der Waals surface area contributed by atoms with Gasteiger partial charge in [-0.15, -0.1) is 0 Å². The zero-order valence-electron chi connectivity index (χ0n) is 20.1. The summed E-state index contributed by atoms with van der Waals surface area (Å²) in [5.41, 5.74) is 2.17. The fourth-order valence-electron chi connectivity index (χ4n) is 5.65. The molecule has 3 aliphatic rings. The van der Waals surface area contributed by atoms with Crippen molar-refractivity contribution in [3.05, 3.63) is 17.0 Å². The van der Waals surface area contributed by atoms with Crippen molar-refractivity contribution >= 4 is 17.8 Å². The third kappa shape index (κ3) is 5.25. The Labute approximate surface area is 195 Å². The third-order valence-corrected chi connectivity index (χ3v) is 7.39. The van der Waals surface area contributed by atoms with Gasteiger partial charge in [0.25, 0.3) is 0 Å². The lowest BCUT2D eigenvalue weighted by molar-refractivity contribution is -0.144. The molecule has 0 unspecified atom stereocenters. The van der Waals surface area contributed by atoms with Gasteiger partial charge in [-0.05, 0) is 49.4 Å². The first kappa shape index (κ1) is 23.8. The quantitative estimate of drug-likeness (QED) is 0.583. The minimum absolute atomic E-state index is 0.00686. The van der Waals surface area contributed by atoms with Crippen LogP contribution >= 0.6 is 0 Å². The van der Waals surface area contributed by atoms with Gasteiger partial charge in [-0.1, -0.05) is 25.9 Å². The van der Waals surface area contributed by atoms with Crippen LogP contribution in [-0.4, -0.2) is 53.2 Å². The second-order valence-electron chi connectivity index (χ2n) is 11.3. The van der Waals surface area contributed by atoms with Gasteiger partial charge in [-0.3, -0.25) is 14.4 Å². The molecule has 2 saturated carbocycles. The minimum atomic E-state index is -0.927. The molecule has 1 saturated heterocycles. The van der Waals surface area contributed by atoms with Crippen LogP contribution in [0.5, 0.6) is 0 Å². The number of amides is 1. The molecule has 0 radical (unpaired) electrons. The van der Waals surface area contributed by atoms with Gasteiger partial charge in [-0.25, -0.2) is 0 Å². The third-order valence-electron chi connectivity index (χ3n) is 7.39. The normalized spacial score (nSPS) is 27.3. The maximum Gasteiger partial charge on any atom is 0.309 e. The van der Waals surface area contributed by atoms with E-state index in [1.54, 1.807) is 4.90 Å². The summed E-state index contributed by atoms with van der Waals surface area (Å²) in [6, 6.07) is 0. The predicted molar refractivity (Wildman–Crippen MR) is 120 cm³/mol. The number of carboxylic acids is 1. The summed E-state index contributed by atoms with van der Waals surface area (Å²) in [5, 5.41) is 14.3. The molecule has 1 N–H and O–H groups in total. The van der Waals surface area contributed by atoms with Crippen LogP contribution in [0.1, 0.15) is 100 Å². The molecular weight excluding hydrogens is 424 g/mol. The van der Waals surface area contributed by atoms with Crippen LogP contribution < -0.4 is 0 Å². The predicted octanol–water partition coefficient (Wildman–Crippen LogP) is 4.06. The number of carbonyl (C=O) groups is 3. The Morgan fingerprint density at radius 2 is 1.82 bits per heavy atom. The van der Waals surface area contributed by atoms with Crippen LogP contribution in [0.3, 0.4) is 0 Å². The Balaban J connectivity index is 1.50. The van der Waals surface area contributed by atoms with Crippen LogP contribution in [0.25, 0.3) is 0 Å². The molecule has 1 aromatic rings. The fraction of sp³-hybridized carbons (Fsp3) is 0.760. The Hall–Kier alpha value is -2.38. The average Bonchev–Trinajstić information content (AvgIpc) is 3.30. The van der Waals surface area contributed by atoms with Gasteiger partial charge in [0.1, 0.15) is 5.76 Å². The number of likely N-dealkylation sites (tertiary alicyclic amines) is 1. The number of rotatable bonds is 8. The van der Waals surface area contributed by atoms with E-state index in [1.807, 2.05) is 0 Å². The van der Waals surface area contributed by atoms with E-state index in [9.17, 15) is 19.5 Å². The van der Waals surface area contributed by atoms with Crippen LogP contribution in [0.15, 0.2) is 4.52 Å². The molecule has 33 heavy (non-hydrogen) atoms. The second-order valence-corrected chi connectivity index (χ2v) is 11.3. The highest BCUT2D eigenvalue weighted by Gasteiger charge is 2.47. The van der Waals surface area contributed by atoms with E-state index in [4.69, 9.17) is 4.52 Å². The summed E-state index contributed by atoms with van der Waals surface area (Å²) in [6.45, 7) is 7.23. The van der Waals surface area contributed by atoms with Gasteiger partial charge in [0, 0.05) is 36.9 Å². The Kier molecular flexibility index (Phi) is 6.56. The fourth-order valence-corrected chi connectivity index (χ4v) is 5.65. The lowest BCUT2D eigenvalue weighted by Crippen LogP contribution is -2.30. The molecule has 0 aromatic carbocycles. The number of carboxylic acid groups (broad SMARTS) is 1. The zero-order valence-corrected chi connectivity index (χ0v) is 20.1. The van der Waals surface area contributed by atoms with Gasteiger partial charge < -0.3 is 19.3 Å². The SMILES string of the molecule is COC(=O)CCC(=O)N1C[C@H](C(=O)O)[C@@H](c2noc(C3CC(CC(C)(C)C)C3)c2C2CC2)C1. The van der Waals surface area contributed by atoms with Crippen molar-refractivity contribution in [2.75, 3.05) is 20.2 Å². The number of aromatic nitrogens is 1. The summed E-state index contributed by atoms with van der Waals surface area (Å²) in [4.78, 5) is 37.7. The molecule has 0 bridgehead atoms. The molecule has 1 aliphatic heterocycles. The Bertz CT molecular complexity index is 906. The van der Waals surface area contributed by atoms with E-state index < -0.39 is 17.9 Å². The molecule has 8 nitrogen and oxygen atoms in total. The maximum atomic E-state index is 12.6. The van der Waals surface area contributed by atoms with Crippen LogP contribution in [0, 0.1) is 17.3 Å². The first-order valence-corrected chi connectivity index (χ1v) is 12.1. The first-order valence-electron chi connectivity index (χ1n) is 12.1. The molecule has 8 heteroatoms. The molecule has 1 aromatic heterocycles. The van der Waals surface area contributed by atoms with Crippen molar-refractivity contribution in [2.24, 2.45) is 17.3 Å². The van der Waals surface area contributed by atoms with E-state index in [2.05, 4.69) is 30.7 Å².